The lowest BCUT2D eigenvalue weighted by Gasteiger charge is -2.31. The van der Waals surface area contributed by atoms with Gasteiger partial charge in [-0.3, -0.25) is 18.4 Å². The fourth-order valence-corrected chi connectivity index (χ4v) is 5.26. The Bertz CT molecular complexity index is 1150. The summed E-state index contributed by atoms with van der Waals surface area (Å²) in [4.78, 5) is 27.1. The van der Waals surface area contributed by atoms with E-state index in [9.17, 15) is 14.0 Å². The van der Waals surface area contributed by atoms with Gasteiger partial charge in [-0.25, -0.2) is 4.39 Å². The van der Waals surface area contributed by atoms with E-state index < -0.39 is 5.82 Å². The molecule has 0 aliphatic carbocycles. The van der Waals surface area contributed by atoms with E-state index in [0.29, 0.717) is 23.7 Å². The molecule has 3 aromatic rings. The number of halogens is 1. The molecule has 0 radical (unpaired) electrons. The van der Waals surface area contributed by atoms with Crippen LogP contribution in [0.3, 0.4) is 0 Å². The van der Waals surface area contributed by atoms with Gasteiger partial charge in [-0.1, -0.05) is 29.7 Å². The number of fused-ring (bicyclic) bond motifs is 1. The third-order valence-corrected chi connectivity index (χ3v) is 7.42. The van der Waals surface area contributed by atoms with Crippen LogP contribution >= 0.6 is 11.5 Å². The summed E-state index contributed by atoms with van der Waals surface area (Å²) in [5.41, 5.74) is 2.92. The van der Waals surface area contributed by atoms with Crippen LogP contribution in [0, 0.1) is 25.6 Å². The zero-order valence-electron chi connectivity index (χ0n) is 18.0. The molecule has 0 saturated carbocycles. The van der Waals surface area contributed by atoms with Crippen molar-refractivity contribution >= 4 is 33.2 Å². The van der Waals surface area contributed by atoms with Crippen LogP contribution in [0.1, 0.15) is 30.4 Å². The van der Waals surface area contributed by atoms with Crippen LogP contribution in [0.5, 0.6) is 0 Å². The van der Waals surface area contributed by atoms with E-state index in [0.717, 1.165) is 43.6 Å². The number of amides is 1. The average molecular weight is 442 g/mol. The number of benzene rings is 2. The number of aryl methyl sites for hydroxylation is 2. The van der Waals surface area contributed by atoms with Crippen molar-refractivity contribution in [1.82, 2.24) is 8.86 Å². The Kier molecular flexibility index (Phi) is 6.53. The van der Waals surface area contributed by atoms with Gasteiger partial charge in [-0.2, -0.15) is 0 Å². The Morgan fingerprint density at radius 2 is 1.90 bits per heavy atom. The molecule has 1 aliphatic heterocycles. The molecule has 4 rings (SSSR count). The third-order valence-electron chi connectivity index (χ3n) is 6.32. The highest BCUT2D eigenvalue weighted by Gasteiger charge is 2.22. The predicted molar refractivity (Wildman–Crippen MR) is 124 cm³/mol. The summed E-state index contributed by atoms with van der Waals surface area (Å²) in [6.07, 6.45) is 2.91. The minimum absolute atomic E-state index is 0.0194. The van der Waals surface area contributed by atoms with Gasteiger partial charge >= 0.3 is 0 Å². The maximum Gasteiger partial charge on any atom is 0.271 e. The molecule has 1 N–H and O–H groups in total. The van der Waals surface area contributed by atoms with Crippen LogP contribution in [0.4, 0.5) is 10.1 Å². The van der Waals surface area contributed by atoms with E-state index in [1.54, 1.807) is 16.1 Å². The first-order valence-corrected chi connectivity index (χ1v) is 11.6. The molecule has 1 aromatic heterocycles. The zero-order valence-corrected chi connectivity index (χ0v) is 18.8. The van der Waals surface area contributed by atoms with Crippen molar-refractivity contribution in [1.29, 1.82) is 0 Å². The molecule has 1 saturated heterocycles. The summed E-state index contributed by atoms with van der Waals surface area (Å²) in [5, 5.41) is 3.24. The monoisotopic (exact) mass is 441 g/mol. The van der Waals surface area contributed by atoms with Gasteiger partial charge in [0.15, 0.2) is 0 Å². The Morgan fingerprint density at radius 3 is 2.65 bits per heavy atom. The zero-order chi connectivity index (χ0) is 22.0. The lowest BCUT2D eigenvalue weighted by atomic mass is 9.93. The summed E-state index contributed by atoms with van der Waals surface area (Å²) in [6.45, 7) is 6.83. The molecule has 7 heteroatoms. The molecule has 1 aliphatic rings. The molecule has 5 nitrogen and oxygen atoms in total. The molecular weight excluding hydrogens is 413 g/mol. The second kappa shape index (κ2) is 9.32. The molecule has 164 valence electrons. The van der Waals surface area contributed by atoms with E-state index in [1.165, 1.54) is 23.2 Å². The lowest BCUT2D eigenvalue weighted by molar-refractivity contribution is -0.117. The maximum atomic E-state index is 13.9. The van der Waals surface area contributed by atoms with E-state index in [-0.39, 0.29) is 16.9 Å². The van der Waals surface area contributed by atoms with Crippen LogP contribution in [0.2, 0.25) is 0 Å². The summed E-state index contributed by atoms with van der Waals surface area (Å²) in [5.74, 6) is 0.0937. The second-order valence-corrected chi connectivity index (χ2v) is 9.48. The molecule has 0 atom stereocenters. The van der Waals surface area contributed by atoms with Gasteiger partial charge in [0, 0.05) is 12.2 Å². The van der Waals surface area contributed by atoms with Crippen molar-refractivity contribution in [3.8, 4) is 0 Å². The number of anilines is 1. The summed E-state index contributed by atoms with van der Waals surface area (Å²) in [6, 6.07) is 10.7. The van der Waals surface area contributed by atoms with Crippen LogP contribution in [0.25, 0.3) is 10.1 Å². The highest BCUT2D eigenvalue weighted by molar-refractivity contribution is 7.13. The van der Waals surface area contributed by atoms with Crippen molar-refractivity contribution in [3.63, 3.8) is 0 Å². The molecule has 0 spiro atoms. The van der Waals surface area contributed by atoms with Gasteiger partial charge in [0.2, 0.25) is 5.91 Å². The fourth-order valence-electron chi connectivity index (χ4n) is 4.23. The fraction of sp³-hybridized carbons (Fsp3) is 0.417. The number of piperidine rings is 1. The van der Waals surface area contributed by atoms with Crippen LogP contribution in [-0.2, 0) is 11.3 Å². The third kappa shape index (κ3) is 4.88. The van der Waals surface area contributed by atoms with Crippen molar-refractivity contribution < 1.29 is 9.18 Å². The number of hydrogen-bond acceptors (Lipinski definition) is 4. The van der Waals surface area contributed by atoms with Gasteiger partial charge in [-0.05, 0) is 81.4 Å². The van der Waals surface area contributed by atoms with Crippen LogP contribution in [0.15, 0.2) is 41.2 Å². The van der Waals surface area contributed by atoms with Gasteiger partial charge < -0.3 is 5.32 Å². The summed E-state index contributed by atoms with van der Waals surface area (Å²) >= 11 is 1.34. The highest BCUT2D eigenvalue weighted by Crippen LogP contribution is 2.24. The van der Waals surface area contributed by atoms with E-state index >= 15 is 0 Å². The molecule has 2 heterocycles. The van der Waals surface area contributed by atoms with Gasteiger partial charge in [0.05, 0.1) is 16.6 Å². The first-order valence-electron chi connectivity index (χ1n) is 10.8. The molecule has 1 amide bonds. The second-order valence-electron chi connectivity index (χ2n) is 8.42. The van der Waals surface area contributed by atoms with Crippen LogP contribution < -0.4 is 10.9 Å². The van der Waals surface area contributed by atoms with Crippen molar-refractivity contribution in [2.45, 2.75) is 39.7 Å². The van der Waals surface area contributed by atoms with E-state index in [4.69, 9.17) is 0 Å². The minimum atomic E-state index is -0.440. The molecule has 0 unspecified atom stereocenters. The number of hydrogen-bond donors (Lipinski definition) is 1. The molecule has 0 bridgehead atoms. The Balaban J connectivity index is 1.26. The topological polar surface area (TPSA) is 54.3 Å². The van der Waals surface area contributed by atoms with Crippen LogP contribution in [-0.4, -0.2) is 34.4 Å². The summed E-state index contributed by atoms with van der Waals surface area (Å²) in [7, 11) is 0. The number of aromatic nitrogens is 1. The SMILES string of the molecule is Cc1cccc(NC(=O)CN2CCC(CCn3sc4cccc(F)c4c3=O)CC2)c1C. The Hall–Kier alpha value is -2.51. The smallest absolute Gasteiger partial charge is 0.271 e. The standard InChI is InChI=1S/C24H28FN3O2S/c1-16-5-3-7-20(17(16)2)26-22(29)15-27-12-9-18(10-13-27)11-14-28-24(30)23-19(25)6-4-8-21(23)31-28/h3-8,18H,9-15H2,1-2H3,(H,26,29). The van der Waals surface area contributed by atoms with Gasteiger partial charge in [0.1, 0.15) is 5.82 Å². The number of likely N-dealkylation sites (tertiary alicyclic amines) is 1. The molecular formula is C24H28FN3O2S. The predicted octanol–water partition coefficient (Wildman–Crippen LogP) is 4.56. The Morgan fingerprint density at radius 1 is 1.16 bits per heavy atom. The molecule has 2 aromatic carbocycles. The van der Waals surface area contributed by atoms with Crippen molar-refractivity contribution in [3.05, 3.63) is 63.7 Å². The van der Waals surface area contributed by atoms with Crippen molar-refractivity contribution in [2.24, 2.45) is 5.92 Å². The first kappa shape index (κ1) is 21.7. The van der Waals surface area contributed by atoms with Crippen molar-refractivity contribution in [2.75, 3.05) is 25.0 Å². The summed E-state index contributed by atoms with van der Waals surface area (Å²) < 4.78 is 16.3. The first-order chi connectivity index (χ1) is 14.9. The van der Waals surface area contributed by atoms with E-state index in [1.807, 2.05) is 32.0 Å². The highest BCUT2D eigenvalue weighted by atomic mass is 32.1. The largest absolute Gasteiger partial charge is 0.325 e. The average Bonchev–Trinajstić information content (AvgIpc) is 3.08. The molecule has 1 fully saturated rings. The van der Waals surface area contributed by atoms with E-state index in [2.05, 4.69) is 10.2 Å². The molecule has 31 heavy (non-hydrogen) atoms. The number of nitrogens with one attached hydrogen (secondary N) is 1. The number of nitrogens with zero attached hydrogens (tertiary/aromatic N) is 2. The Labute approximate surface area is 185 Å². The van der Waals surface area contributed by atoms with Gasteiger partial charge in [0.25, 0.3) is 5.56 Å². The quantitative estimate of drug-likeness (QED) is 0.610. The maximum absolute atomic E-state index is 13.9. The number of carbonyl (C=O) groups excluding carboxylic acids is 1. The number of rotatable bonds is 6. The lowest BCUT2D eigenvalue weighted by Crippen LogP contribution is -2.39. The normalized spacial score (nSPS) is 15.5. The minimum Gasteiger partial charge on any atom is -0.325 e. The van der Waals surface area contributed by atoms with Gasteiger partial charge in [-0.15, -0.1) is 0 Å². The number of carbonyl (C=O) groups is 1.